The summed E-state index contributed by atoms with van der Waals surface area (Å²) in [5.74, 6) is 1.53. The van der Waals surface area contributed by atoms with Gasteiger partial charge in [-0.05, 0) is 77.6 Å². The third kappa shape index (κ3) is 14.8. The highest BCUT2D eigenvalue weighted by molar-refractivity contribution is 7.99. The molecule has 0 spiro atoms. The van der Waals surface area contributed by atoms with Crippen LogP contribution >= 0.6 is 19.8 Å². The molecule has 4 atom stereocenters. The van der Waals surface area contributed by atoms with Gasteiger partial charge in [-0.3, -0.25) is 9.47 Å². The van der Waals surface area contributed by atoms with E-state index >= 15 is 0 Å². The Kier molecular flexibility index (Phi) is 19.3. The Bertz CT molecular complexity index is 840. The second-order valence-electron chi connectivity index (χ2n) is 12.3. The van der Waals surface area contributed by atoms with Crippen molar-refractivity contribution in [1.82, 2.24) is 0 Å². The third-order valence-corrected chi connectivity index (χ3v) is 9.58. The van der Waals surface area contributed by atoms with E-state index in [0.29, 0.717) is 18.8 Å². The molecule has 41 heavy (non-hydrogen) atoms. The summed E-state index contributed by atoms with van der Waals surface area (Å²) in [5, 5.41) is 9.48. The molecule has 6 nitrogen and oxygen atoms in total. The molecular weight excluding hydrogens is 555 g/mol. The van der Waals surface area contributed by atoms with Crippen LogP contribution in [0.5, 0.6) is 0 Å². The topological polar surface area (TPSA) is 93.1 Å². The minimum atomic E-state index is -3.19. The lowest BCUT2D eigenvalue weighted by Gasteiger charge is -2.22. The van der Waals surface area contributed by atoms with E-state index in [-0.39, 0.29) is 12.0 Å². The van der Waals surface area contributed by atoms with Gasteiger partial charge in [0.05, 0.1) is 12.7 Å². The van der Waals surface area contributed by atoms with Gasteiger partial charge in [-0.25, -0.2) is 4.79 Å². The van der Waals surface area contributed by atoms with Crippen molar-refractivity contribution in [3.05, 3.63) is 35.4 Å². The summed E-state index contributed by atoms with van der Waals surface area (Å²) >= 11 is 2.09. The number of carboxylic acid groups (broad SMARTS) is 1. The Morgan fingerprint density at radius 1 is 0.878 bits per heavy atom. The van der Waals surface area contributed by atoms with Gasteiger partial charge in [0, 0.05) is 0 Å². The largest absolute Gasteiger partial charge is 0.586 e. The lowest BCUT2D eigenvalue weighted by Crippen LogP contribution is -2.43. The summed E-state index contributed by atoms with van der Waals surface area (Å²) < 4.78 is 22.4. The first-order valence-corrected chi connectivity index (χ1v) is 18.2. The molecule has 0 bridgehead atoms. The number of aliphatic carboxylic acids is 1. The van der Waals surface area contributed by atoms with Crippen molar-refractivity contribution in [3.63, 3.8) is 0 Å². The van der Waals surface area contributed by atoms with Gasteiger partial charge in [-0.1, -0.05) is 110 Å². The summed E-state index contributed by atoms with van der Waals surface area (Å²) in [7, 11) is -3.19. The van der Waals surface area contributed by atoms with Crippen LogP contribution in [0.15, 0.2) is 24.3 Å². The summed E-state index contributed by atoms with van der Waals surface area (Å²) in [6.45, 7) is 12.7. The van der Waals surface area contributed by atoms with E-state index < -0.39 is 25.6 Å². The fraction of sp³-hybridized carbons (Fsp3) is 0.788. The van der Waals surface area contributed by atoms with Crippen LogP contribution in [-0.4, -0.2) is 45.7 Å². The number of benzene rings is 1. The molecule has 4 unspecified atom stereocenters. The number of unbranched alkanes of at least 4 members (excludes halogenated alkanes) is 7. The second kappa shape index (κ2) is 20.8. The van der Waals surface area contributed by atoms with Gasteiger partial charge in [-0.15, -0.1) is 0 Å². The van der Waals surface area contributed by atoms with Crippen LogP contribution in [0.2, 0.25) is 0 Å². The monoisotopic (exact) mass is 613 g/mol. The molecular formula is C33H58O6PS+. The van der Waals surface area contributed by atoms with Gasteiger partial charge in [0.15, 0.2) is 0 Å². The quantitative estimate of drug-likeness (QED) is 0.0681. The van der Waals surface area contributed by atoms with Crippen LogP contribution < -0.4 is 0 Å². The van der Waals surface area contributed by atoms with E-state index in [1.54, 1.807) is 13.8 Å². The lowest BCUT2D eigenvalue weighted by atomic mass is 9.84. The molecule has 0 saturated heterocycles. The molecule has 1 aromatic carbocycles. The molecule has 0 amide bonds. The minimum absolute atomic E-state index is 0.0456. The first kappa shape index (κ1) is 38.0. The third-order valence-electron chi connectivity index (χ3n) is 7.55. The molecule has 0 heterocycles. The van der Waals surface area contributed by atoms with Gasteiger partial charge in [0.2, 0.25) is 0 Å². The lowest BCUT2D eigenvalue weighted by molar-refractivity contribution is -0.221. The van der Waals surface area contributed by atoms with Crippen LogP contribution in [0.1, 0.15) is 142 Å². The Morgan fingerprint density at radius 3 is 2.05 bits per heavy atom. The standard InChI is InChI=1S/C33H57O6PS/c1-7-9-14-18-28(29-19-21-30(22-20-29)32(4,5)6)23-26-41-25-16-13-11-10-12-15-17-27(3)39-33(31(34)35,40(36)37)38-24-8-2/h19-22,27-28H,7-18,23-26H2,1-6H3,(H-,34,35,36,37)/p+1. The predicted octanol–water partition coefficient (Wildman–Crippen LogP) is 9.81. The fourth-order valence-electron chi connectivity index (χ4n) is 4.94. The van der Waals surface area contributed by atoms with E-state index in [2.05, 4.69) is 63.7 Å². The summed E-state index contributed by atoms with van der Waals surface area (Å²) in [5.41, 5.74) is 0.625. The highest BCUT2D eigenvalue weighted by atomic mass is 32.2. The van der Waals surface area contributed by atoms with Gasteiger partial charge in [0.25, 0.3) is 0 Å². The number of ether oxygens (including phenoxy) is 2. The number of carbonyl (C=O) groups is 1. The number of hydrogen-bond acceptors (Lipinski definition) is 5. The summed E-state index contributed by atoms with van der Waals surface area (Å²) in [6.07, 6.45) is 13.8. The van der Waals surface area contributed by atoms with Crippen molar-refractivity contribution in [2.24, 2.45) is 0 Å². The SMILES string of the molecule is CCCCCC(CCSCCCCCCCCC(C)OC(OCCC)(C(=O)O)[P+](=O)O)c1ccc(C(C)(C)C)cc1. The summed E-state index contributed by atoms with van der Waals surface area (Å²) in [4.78, 5) is 21.2. The van der Waals surface area contributed by atoms with E-state index in [1.807, 2.05) is 0 Å². The first-order chi connectivity index (χ1) is 19.5. The zero-order valence-electron chi connectivity index (χ0n) is 26.7. The molecule has 0 aliphatic heterocycles. The van der Waals surface area contributed by atoms with Crippen LogP contribution in [0.4, 0.5) is 0 Å². The molecule has 0 saturated carbocycles. The molecule has 0 aromatic heterocycles. The predicted molar refractivity (Wildman–Crippen MR) is 173 cm³/mol. The van der Waals surface area contributed by atoms with Crippen LogP contribution in [0, 0.1) is 0 Å². The molecule has 0 aliphatic carbocycles. The Labute approximate surface area is 255 Å². The molecule has 1 rings (SSSR count). The van der Waals surface area contributed by atoms with Crippen LogP contribution in [0.3, 0.4) is 0 Å². The molecule has 0 radical (unpaired) electrons. The van der Waals surface area contributed by atoms with Crippen molar-refractivity contribution in [2.45, 2.75) is 148 Å². The molecule has 0 fully saturated rings. The van der Waals surface area contributed by atoms with Gasteiger partial charge in [-0.2, -0.15) is 16.7 Å². The number of thioether (sulfide) groups is 1. The average Bonchev–Trinajstić information content (AvgIpc) is 2.92. The highest BCUT2D eigenvalue weighted by Crippen LogP contribution is 2.40. The highest BCUT2D eigenvalue weighted by Gasteiger charge is 2.62. The fourth-order valence-corrected chi connectivity index (χ4v) is 6.64. The van der Waals surface area contributed by atoms with Gasteiger partial charge >= 0.3 is 19.5 Å². The number of hydrogen-bond donors (Lipinski definition) is 2. The van der Waals surface area contributed by atoms with Crippen molar-refractivity contribution >= 4 is 25.8 Å². The summed E-state index contributed by atoms with van der Waals surface area (Å²) in [6, 6.07) is 9.38. The van der Waals surface area contributed by atoms with E-state index in [4.69, 9.17) is 9.47 Å². The zero-order chi connectivity index (χ0) is 30.7. The minimum Gasteiger partial charge on any atom is -0.474 e. The molecule has 2 N–H and O–H groups in total. The normalized spacial score (nSPS) is 15.3. The second-order valence-corrected chi connectivity index (χ2v) is 14.7. The maximum atomic E-state index is 11.8. The van der Waals surface area contributed by atoms with Crippen molar-refractivity contribution in [1.29, 1.82) is 0 Å². The van der Waals surface area contributed by atoms with E-state index in [0.717, 1.165) is 19.3 Å². The Balaban J connectivity index is 2.27. The smallest absolute Gasteiger partial charge is 0.474 e. The van der Waals surface area contributed by atoms with Crippen molar-refractivity contribution < 1.29 is 28.8 Å². The Morgan fingerprint density at radius 2 is 1.49 bits per heavy atom. The molecule has 0 aliphatic rings. The average molecular weight is 614 g/mol. The van der Waals surface area contributed by atoms with Gasteiger partial charge in [0.1, 0.15) is 0 Å². The maximum absolute atomic E-state index is 11.8. The molecule has 236 valence electrons. The molecule has 1 aromatic rings. The number of carboxylic acids is 1. The van der Waals surface area contributed by atoms with Gasteiger partial charge < -0.3 is 5.11 Å². The first-order valence-electron chi connectivity index (χ1n) is 15.9. The van der Waals surface area contributed by atoms with Crippen LogP contribution in [0.25, 0.3) is 0 Å². The van der Waals surface area contributed by atoms with Crippen molar-refractivity contribution in [2.75, 3.05) is 18.1 Å². The van der Waals surface area contributed by atoms with Crippen molar-refractivity contribution in [3.8, 4) is 0 Å². The van der Waals surface area contributed by atoms with E-state index in [9.17, 15) is 19.4 Å². The Hall–Kier alpha value is -0.980. The van der Waals surface area contributed by atoms with Crippen LogP contribution in [-0.2, 0) is 24.2 Å². The molecule has 8 heteroatoms. The van der Waals surface area contributed by atoms with E-state index in [1.165, 1.54) is 74.0 Å². The zero-order valence-corrected chi connectivity index (χ0v) is 28.4. The number of rotatable bonds is 24. The maximum Gasteiger partial charge on any atom is 0.586 e.